The third kappa shape index (κ3) is 2.47. The molecule has 3 rings (SSSR count). The van der Waals surface area contributed by atoms with Gasteiger partial charge in [0.2, 0.25) is 0 Å². The number of nitrogens with zero attached hydrogens (tertiary/aromatic N) is 1. The molecule has 1 nitrogen and oxygen atoms in total. The Morgan fingerprint density at radius 2 is 1.74 bits per heavy atom. The van der Waals surface area contributed by atoms with Crippen LogP contribution in [0, 0.1) is 0 Å². The summed E-state index contributed by atoms with van der Waals surface area (Å²) in [4.78, 5) is 4.48. The summed E-state index contributed by atoms with van der Waals surface area (Å²) in [6.45, 7) is 2.16. The number of rotatable bonds is 2. The van der Waals surface area contributed by atoms with Gasteiger partial charge in [0.1, 0.15) is 0 Å². The Hall–Kier alpha value is -1.86. The Balaban J connectivity index is 2.08. The van der Waals surface area contributed by atoms with Crippen LogP contribution in [-0.4, -0.2) is 4.98 Å². The molecular formula is C17H14ClN. The molecule has 19 heavy (non-hydrogen) atoms. The Morgan fingerprint density at radius 1 is 0.947 bits per heavy atom. The molecule has 0 fully saturated rings. The molecule has 0 saturated heterocycles. The molecule has 94 valence electrons. The summed E-state index contributed by atoms with van der Waals surface area (Å²) in [5.74, 6) is 0. The summed E-state index contributed by atoms with van der Waals surface area (Å²) in [6, 6.07) is 16.5. The number of pyridine rings is 1. The third-order valence-electron chi connectivity index (χ3n) is 3.34. The average Bonchev–Trinajstić information content (AvgIpc) is 2.46. The van der Waals surface area contributed by atoms with Gasteiger partial charge in [0.05, 0.1) is 5.52 Å². The summed E-state index contributed by atoms with van der Waals surface area (Å²) in [6.07, 6.45) is 2.98. The molecule has 0 aliphatic carbocycles. The predicted octanol–water partition coefficient (Wildman–Crippen LogP) is 5.12. The fourth-order valence-electron chi connectivity index (χ4n) is 2.19. The fraction of sp³-hybridized carbons (Fsp3) is 0.118. The monoisotopic (exact) mass is 267 g/mol. The maximum absolute atomic E-state index is 6.03. The standard InChI is InChI=1S/C17H14ClN/c1-2-12-3-5-13(6-4-12)15-9-14-10-16(18)7-8-17(14)19-11-15/h3-11H,2H2,1H3. The zero-order valence-corrected chi connectivity index (χ0v) is 11.5. The first kappa shape index (κ1) is 12.2. The normalized spacial score (nSPS) is 10.8. The van der Waals surface area contributed by atoms with Crippen LogP contribution in [0.5, 0.6) is 0 Å². The minimum Gasteiger partial charge on any atom is -0.256 e. The highest BCUT2D eigenvalue weighted by molar-refractivity contribution is 6.31. The zero-order valence-electron chi connectivity index (χ0n) is 10.7. The van der Waals surface area contributed by atoms with Gasteiger partial charge >= 0.3 is 0 Å². The molecule has 0 amide bonds. The number of benzene rings is 2. The van der Waals surface area contributed by atoms with E-state index in [1.54, 1.807) is 0 Å². The van der Waals surface area contributed by atoms with Crippen molar-refractivity contribution in [2.45, 2.75) is 13.3 Å². The van der Waals surface area contributed by atoms with E-state index in [4.69, 9.17) is 11.6 Å². The predicted molar refractivity (Wildman–Crippen MR) is 81.6 cm³/mol. The molecule has 0 aliphatic heterocycles. The number of aryl methyl sites for hydroxylation is 1. The molecule has 0 atom stereocenters. The van der Waals surface area contributed by atoms with Crippen LogP contribution in [0.15, 0.2) is 54.7 Å². The van der Waals surface area contributed by atoms with Crippen LogP contribution >= 0.6 is 11.6 Å². The van der Waals surface area contributed by atoms with Gasteiger partial charge in [-0.25, -0.2) is 0 Å². The molecule has 0 aliphatic rings. The highest BCUT2D eigenvalue weighted by Crippen LogP contribution is 2.25. The third-order valence-corrected chi connectivity index (χ3v) is 3.57. The van der Waals surface area contributed by atoms with Crippen molar-refractivity contribution in [2.75, 3.05) is 0 Å². The summed E-state index contributed by atoms with van der Waals surface area (Å²) in [7, 11) is 0. The lowest BCUT2D eigenvalue weighted by molar-refractivity contribution is 1.14. The van der Waals surface area contributed by atoms with Crippen LogP contribution < -0.4 is 0 Å². The molecule has 0 saturated carbocycles. The first-order valence-electron chi connectivity index (χ1n) is 6.41. The van der Waals surface area contributed by atoms with Gasteiger partial charge in [-0.2, -0.15) is 0 Å². The first-order valence-corrected chi connectivity index (χ1v) is 6.78. The number of fused-ring (bicyclic) bond motifs is 1. The van der Waals surface area contributed by atoms with Crippen molar-refractivity contribution in [2.24, 2.45) is 0 Å². The molecule has 0 bridgehead atoms. The van der Waals surface area contributed by atoms with Crippen molar-refractivity contribution in [1.29, 1.82) is 0 Å². The second kappa shape index (κ2) is 5.02. The summed E-state index contributed by atoms with van der Waals surface area (Å²) < 4.78 is 0. The summed E-state index contributed by atoms with van der Waals surface area (Å²) >= 11 is 6.03. The van der Waals surface area contributed by atoms with E-state index in [1.165, 1.54) is 11.1 Å². The molecule has 0 unspecified atom stereocenters. The number of hydrogen-bond acceptors (Lipinski definition) is 1. The second-order valence-electron chi connectivity index (χ2n) is 4.61. The van der Waals surface area contributed by atoms with Crippen LogP contribution in [0.4, 0.5) is 0 Å². The first-order chi connectivity index (χ1) is 9.26. The van der Waals surface area contributed by atoms with E-state index in [-0.39, 0.29) is 0 Å². The highest BCUT2D eigenvalue weighted by atomic mass is 35.5. The average molecular weight is 268 g/mol. The molecule has 1 heterocycles. The van der Waals surface area contributed by atoms with Gasteiger partial charge < -0.3 is 0 Å². The lowest BCUT2D eigenvalue weighted by Gasteiger charge is -2.05. The molecule has 0 radical (unpaired) electrons. The van der Waals surface area contributed by atoms with E-state index in [9.17, 15) is 0 Å². The molecule has 3 aromatic rings. The van der Waals surface area contributed by atoms with E-state index in [2.05, 4.69) is 42.2 Å². The number of aromatic nitrogens is 1. The molecule has 2 aromatic carbocycles. The van der Waals surface area contributed by atoms with Crippen molar-refractivity contribution in [1.82, 2.24) is 4.98 Å². The van der Waals surface area contributed by atoms with Crippen molar-refractivity contribution in [3.05, 3.63) is 65.3 Å². The van der Waals surface area contributed by atoms with Crippen molar-refractivity contribution in [3.63, 3.8) is 0 Å². The quantitative estimate of drug-likeness (QED) is 0.628. The number of hydrogen-bond donors (Lipinski definition) is 0. The van der Waals surface area contributed by atoms with Crippen molar-refractivity contribution >= 4 is 22.5 Å². The van der Waals surface area contributed by atoms with Crippen LogP contribution in [0.1, 0.15) is 12.5 Å². The van der Waals surface area contributed by atoms with Gasteiger partial charge in [0.25, 0.3) is 0 Å². The maximum atomic E-state index is 6.03. The van der Waals surface area contributed by atoms with Crippen LogP contribution in [-0.2, 0) is 6.42 Å². The fourth-order valence-corrected chi connectivity index (χ4v) is 2.37. The van der Waals surface area contributed by atoms with Gasteiger partial charge in [-0.05, 0) is 41.8 Å². The Labute approximate surface area is 117 Å². The van der Waals surface area contributed by atoms with E-state index < -0.39 is 0 Å². The second-order valence-corrected chi connectivity index (χ2v) is 5.05. The Morgan fingerprint density at radius 3 is 2.47 bits per heavy atom. The molecule has 0 spiro atoms. The molecule has 0 N–H and O–H groups in total. The summed E-state index contributed by atoms with van der Waals surface area (Å²) in [5, 5.41) is 1.82. The highest BCUT2D eigenvalue weighted by Gasteiger charge is 2.02. The maximum Gasteiger partial charge on any atom is 0.0703 e. The van der Waals surface area contributed by atoms with Gasteiger partial charge in [-0.3, -0.25) is 4.98 Å². The van der Waals surface area contributed by atoms with Crippen LogP contribution in [0.3, 0.4) is 0 Å². The smallest absolute Gasteiger partial charge is 0.0703 e. The minimum absolute atomic E-state index is 0.743. The number of halogens is 1. The largest absolute Gasteiger partial charge is 0.256 e. The van der Waals surface area contributed by atoms with E-state index in [1.807, 2.05) is 24.4 Å². The lowest BCUT2D eigenvalue weighted by Crippen LogP contribution is -1.84. The van der Waals surface area contributed by atoms with E-state index in [0.29, 0.717) is 0 Å². The van der Waals surface area contributed by atoms with E-state index in [0.717, 1.165) is 27.9 Å². The van der Waals surface area contributed by atoms with Gasteiger partial charge in [-0.15, -0.1) is 0 Å². The van der Waals surface area contributed by atoms with Gasteiger partial charge in [0.15, 0.2) is 0 Å². The Bertz CT molecular complexity index is 717. The molecule has 1 aromatic heterocycles. The molecule has 2 heteroatoms. The van der Waals surface area contributed by atoms with Crippen LogP contribution in [0.2, 0.25) is 5.02 Å². The van der Waals surface area contributed by atoms with Crippen molar-refractivity contribution in [3.8, 4) is 11.1 Å². The SMILES string of the molecule is CCc1ccc(-c2cnc3ccc(Cl)cc3c2)cc1. The zero-order chi connectivity index (χ0) is 13.2. The van der Waals surface area contributed by atoms with Gasteiger partial charge in [0, 0.05) is 22.2 Å². The van der Waals surface area contributed by atoms with Crippen LogP contribution in [0.25, 0.3) is 22.0 Å². The van der Waals surface area contributed by atoms with Gasteiger partial charge in [-0.1, -0.05) is 42.8 Å². The topological polar surface area (TPSA) is 12.9 Å². The lowest BCUT2D eigenvalue weighted by atomic mass is 10.0. The van der Waals surface area contributed by atoms with E-state index >= 15 is 0 Å². The summed E-state index contributed by atoms with van der Waals surface area (Å²) in [5.41, 5.74) is 4.63. The van der Waals surface area contributed by atoms with Crippen molar-refractivity contribution < 1.29 is 0 Å². The molecular weight excluding hydrogens is 254 g/mol. The Kier molecular flexibility index (Phi) is 3.22. The minimum atomic E-state index is 0.743.